The molecule has 1 aromatic heterocycles. The van der Waals surface area contributed by atoms with E-state index in [2.05, 4.69) is 46.5 Å². The molecule has 0 spiro atoms. The second-order valence-corrected chi connectivity index (χ2v) is 8.77. The van der Waals surface area contributed by atoms with Gasteiger partial charge in [0.25, 0.3) is 5.91 Å². The minimum absolute atomic E-state index is 0.0494. The first-order valence-electron chi connectivity index (χ1n) is 12.0. The number of fused-ring (bicyclic) bond motifs is 1. The van der Waals surface area contributed by atoms with Gasteiger partial charge in [-0.1, -0.05) is 49.4 Å². The predicted molar refractivity (Wildman–Crippen MR) is 142 cm³/mol. The molecule has 7 heteroatoms. The van der Waals surface area contributed by atoms with Crippen LogP contribution in [0, 0.1) is 0 Å². The zero-order valence-corrected chi connectivity index (χ0v) is 20.1. The van der Waals surface area contributed by atoms with Crippen LogP contribution in [-0.4, -0.2) is 28.3 Å². The van der Waals surface area contributed by atoms with Gasteiger partial charge < -0.3 is 16.0 Å². The van der Waals surface area contributed by atoms with Gasteiger partial charge in [-0.25, -0.2) is 9.97 Å². The number of benzene rings is 3. The molecule has 7 nitrogen and oxygen atoms in total. The summed E-state index contributed by atoms with van der Waals surface area (Å²) in [7, 11) is 0. The number of aryl methyl sites for hydroxylation is 1. The van der Waals surface area contributed by atoms with E-state index in [-0.39, 0.29) is 24.2 Å². The maximum absolute atomic E-state index is 13.2. The van der Waals surface area contributed by atoms with Crippen molar-refractivity contribution in [2.75, 3.05) is 22.5 Å². The van der Waals surface area contributed by atoms with Crippen molar-refractivity contribution in [3.8, 4) is 11.1 Å². The van der Waals surface area contributed by atoms with Gasteiger partial charge >= 0.3 is 0 Å². The quantitative estimate of drug-likeness (QED) is 0.420. The van der Waals surface area contributed by atoms with Crippen molar-refractivity contribution in [2.45, 2.75) is 26.2 Å². The van der Waals surface area contributed by atoms with E-state index in [9.17, 15) is 9.59 Å². The lowest BCUT2D eigenvalue weighted by Crippen LogP contribution is -2.30. The van der Waals surface area contributed by atoms with E-state index in [0.717, 1.165) is 35.2 Å². The Labute approximate surface area is 210 Å². The summed E-state index contributed by atoms with van der Waals surface area (Å²) in [4.78, 5) is 35.9. The van der Waals surface area contributed by atoms with Crippen molar-refractivity contribution in [1.29, 1.82) is 0 Å². The number of rotatable bonds is 6. The Morgan fingerprint density at radius 1 is 1.03 bits per heavy atom. The zero-order chi connectivity index (χ0) is 25.1. The van der Waals surface area contributed by atoms with Gasteiger partial charge in [-0.3, -0.25) is 9.59 Å². The lowest BCUT2D eigenvalue weighted by atomic mass is 9.97. The van der Waals surface area contributed by atoms with Crippen LogP contribution >= 0.6 is 0 Å². The van der Waals surface area contributed by atoms with Gasteiger partial charge in [0.1, 0.15) is 0 Å². The smallest absolute Gasteiger partial charge is 0.256 e. The van der Waals surface area contributed by atoms with E-state index in [1.54, 1.807) is 17.2 Å². The molecule has 0 fully saturated rings. The van der Waals surface area contributed by atoms with Crippen molar-refractivity contribution in [3.63, 3.8) is 0 Å². The largest absolute Gasteiger partial charge is 0.368 e. The molecule has 0 unspecified atom stereocenters. The summed E-state index contributed by atoms with van der Waals surface area (Å²) < 4.78 is 0. The van der Waals surface area contributed by atoms with Crippen molar-refractivity contribution < 1.29 is 9.59 Å². The van der Waals surface area contributed by atoms with Gasteiger partial charge in [0.15, 0.2) is 0 Å². The third kappa shape index (κ3) is 4.81. The van der Waals surface area contributed by atoms with Crippen LogP contribution in [0.2, 0.25) is 0 Å². The van der Waals surface area contributed by atoms with E-state index in [1.165, 1.54) is 5.56 Å². The number of hydrogen-bond acceptors (Lipinski definition) is 5. The van der Waals surface area contributed by atoms with Gasteiger partial charge in [0.05, 0.1) is 12.1 Å². The van der Waals surface area contributed by atoms with Crippen molar-refractivity contribution in [2.24, 2.45) is 0 Å². The second kappa shape index (κ2) is 10.00. The average molecular weight is 478 g/mol. The molecule has 1 aliphatic rings. The molecule has 0 saturated heterocycles. The minimum Gasteiger partial charge on any atom is -0.368 e. The summed E-state index contributed by atoms with van der Waals surface area (Å²) in [5.74, 6) is -0.0638. The highest BCUT2D eigenvalue weighted by Crippen LogP contribution is 2.32. The van der Waals surface area contributed by atoms with Crippen molar-refractivity contribution in [1.82, 2.24) is 9.97 Å². The minimum atomic E-state index is -0.169. The molecule has 3 N–H and O–H groups in total. The Kier molecular flexibility index (Phi) is 6.45. The van der Waals surface area contributed by atoms with Crippen LogP contribution < -0.4 is 16.0 Å². The maximum Gasteiger partial charge on any atom is 0.256 e. The fourth-order valence-corrected chi connectivity index (χ4v) is 4.55. The topological polar surface area (TPSA) is 101 Å². The van der Waals surface area contributed by atoms with Crippen LogP contribution in [0.1, 0.15) is 34.1 Å². The fourth-order valence-electron chi connectivity index (χ4n) is 4.55. The molecule has 3 aromatic carbocycles. The highest BCUT2D eigenvalue weighted by Gasteiger charge is 2.25. The molecule has 0 bridgehead atoms. The van der Waals surface area contributed by atoms with E-state index in [4.69, 9.17) is 5.73 Å². The number of carbonyl (C=O) groups is 2. The van der Waals surface area contributed by atoms with Crippen LogP contribution in [0.15, 0.2) is 79.0 Å². The second-order valence-electron chi connectivity index (χ2n) is 8.77. The monoisotopic (exact) mass is 477 g/mol. The number of nitrogen functional groups attached to an aromatic ring is 1. The molecule has 2 amide bonds. The Morgan fingerprint density at radius 2 is 1.83 bits per heavy atom. The molecule has 5 rings (SSSR count). The summed E-state index contributed by atoms with van der Waals surface area (Å²) >= 11 is 0. The van der Waals surface area contributed by atoms with Crippen molar-refractivity contribution >= 4 is 29.1 Å². The molecular formula is C29H27N5O2. The maximum atomic E-state index is 13.2. The van der Waals surface area contributed by atoms with E-state index >= 15 is 0 Å². The number of nitrogens with one attached hydrogen (secondary N) is 1. The lowest BCUT2D eigenvalue weighted by Gasteiger charge is -2.18. The summed E-state index contributed by atoms with van der Waals surface area (Å²) in [5, 5.41) is 3.04. The Hall–Kier alpha value is -4.52. The average Bonchev–Trinajstić information content (AvgIpc) is 3.32. The molecule has 180 valence electrons. The standard InChI is InChI=1S/C29H27N5O2/c1-2-19-7-9-20(10-8-19)24-5-3-4-6-25(24)28(36)32-22-11-12-26-21(17-22)14-16-34(26)27(35)18-23-13-15-31-29(30)33-23/h3-13,15,17H,2,14,16,18H2,1H3,(H,32,36)(H2,30,31,33). The number of nitrogens with zero attached hydrogens (tertiary/aromatic N) is 3. The van der Waals surface area contributed by atoms with E-state index in [1.807, 2.05) is 42.5 Å². The lowest BCUT2D eigenvalue weighted by molar-refractivity contribution is -0.117. The molecule has 0 saturated carbocycles. The van der Waals surface area contributed by atoms with Crippen molar-refractivity contribution in [3.05, 3.63) is 101 Å². The van der Waals surface area contributed by atoms with E-state index < -0.39 is 0 Å². The molecule has 36 heavy (non-hydrogen) atoms. The molecule has 2 heterocycles. The van der Waals surface area contributed by atoms with Gasteiger partial charge in [0.2, 0.25) is 11.9 Å². The fraction of sp³-hybridized carbons (Fsp3) is 0.172. The van der Waals surface area contributed by atoms with Crippen LogP contribution in [0.3, 0.4) is 0 Å². The highest BCUT2D eigenvalue weighted by atomic mass is 16.2. The summed E-state index contributed by atoms with van der Waals surface area (Å²) in [5.41, 5.74) is 12.6. The number of carbonyl (C=O) groups excluding carboxylic acids is 2. The van der Waals surface area contributed by atoms with Crippen LogP contribution in [0.5, 0.6) is 0 Å². The highest BCUT2D eigenvalue weighted by molar-refractivity contribution is 6.09. The third-order valence-electron chi connectivity index (χ3n) is 6.44. The van der Waals surface area contributed by atoms with Gasteiger partial charge in [-0.15, -0.1) is 0 Å². The van der Waals surface area contributed by atoms with Gasteiger partial charge in [-0.05, 0) is 65.4 Å². The Balaban J connectivity index is 1.32. The Morgan fingerprint density at radius 3 is 2.61 bits per heavy atom. The summed E-state index contributed by atoms with van der Waals surface area (Å²) in [6.45, 7) is 2.71. The number of hydrogen-bond donors (Lipinski definition) is 2. The number of nitrogens with two attached hydrogens (primary N) is 1. The number of aromatic nitrogens is 2. The summed E-state index contributed by atoms with van der Waals surface area (Å²) in [6, 6.07) is 23.3. The van der Waals surface area contributed by atoms with Gasteiger partial charge in [-0.2, -0.15) is 0 Å². The molecule has 0 atom stereocenters. The SMILES string of the molecule is CCc1ccc(-c2ccccc2C(=O)Nc2ccc3c(c2)CCN3C(=O)Cc2ccnc(N)n2)cc1. The molecular weight excluding hydrogens is 450 g/mol. The third-order valence-corrected chi connectivity index (χ3v) is 6.44. The van der Waals surface area contributed by atoms with Crippen LogP contribution in [-0.2, 0) is 24.1 Å². The Bertz CT molecular complexity index is 1430. The van der Waals surface area contributed by atoms with E-state index in [0.29, 0.717) is 23.5 Å². The summed E-state index contributed by atoms with van der Waals surface area (Å²) in [6.07, 6.45) is 3.40. The first-order valence-corrected chi connectivity index (χ1v) is 12.0. The number of anilines is 3. The predicted octanol–water partition coefficient (Wildman–Crippen LogP) is 4.67. The van der Waals surface area contributed by atoms with Gasteiger partial charge in [0, 0.05) is 29.7 Å². The molecule has 4 aromatic rings. The molecule has 0 radical (unpaired) electrons. The normalized spacial score (nSPS) is 12.3. The zero-order valence-electron chi connectivity index (χ0n) is 20.1. The van der Waals surface area contributed by atoms with Crippen LogP contribution in [0.4, 0.5) is 17.3 Å². The first-order chi connectivity index (χ1) is 17.5. The molecule has 0 aliphatic carbocycles. The molecule has 1 aliphatic heterocycles. The first kappa shape index (κ1) is 23.2. The van der Waals surface area contributed by atoms with Crippen LogP contribution in [0.25, 0.3) is 11.1 Å². The number of amides is 2.